The number of halogens is 4. The monoisotopic (exact) mass is 590 g/mol. The van der Waals surface area contributed by atoms with Gasteiger partial charge in [0, 0.05) is 34.0 Å². The quantitative estimate of drug-likeness (QED) is 0.167. The zero-order valence-corrected chi connectivity index (χ0v) is 23.0. The fraction of sp³-hybridized carbons (Fsp3) is 0.259. The van der Waals surface area contributed by atoms with Gasteiger partial charge in [-0.05, 0) is 72.3 Å². The molecule has 0 spiro atoms. The largest absolute Gasteiger partial charge is 0.416 e. The minimum Gasteiger partial charge on any atom is -0.295 e. The third-order valence-corrected chi connectivity index (χ3v) is 8.11. The first-order valence-corrected chi connectivity index (χ1v) is 14.3. The molecule has 204 valence electrons. The lowest BCUT2D eigenvalue weighted by atomic mass is 9.88. The maximum Gasteiger partial charge on any atom is 0.416 e. The molecule has 1 heterocycles. The fourth-order valence-corrected chi connectivity index (χ4v) is 5.63. The highest BCUT2D eigenvalue weighted by Crippen LogP contribution is 2.33. The molecular weight excluding hydrogens is 565 g/mol. The van der Waals surface area contributed by atoms with E-state index in [0.717, 1.165) is 53.9 Å². The van der Waals surface area contributed by atoms with Crippen LogP contribution in [0.1, 0.15) is 35.4 Å². The summed E-state index contributed by atoms with van der Waals surface area (Å²) in [4.78, 5) is 5.58. The van der Waals surface area contributed by atoms with Crippen LogP contribution in [0.5, 0.6) is 0 Å². The number of nitrogens with one attached hydrogen (secondary N) is 2. The third-order valence-electron chi connectivity index (χ3n) is 6.60. The van der Waals surface area contributed by atoms with Crippen LogP contribution < -0.4 is 14.6 Å². The average molecular weight is 591 g/mol. The molecule has 0 aromatic heterocycles. The summed E-state index contributed by atoms with van der Waals surface area (Å²) in [6, 6.07) is 23.1. The molecule has 12 heteroatoms. The number of hydrogen-bond donors (Lipinski definition) is 3. The molecule has 3 aromatic carbocycles. The second-order valence-electron chi connectivity index (χ2n) is 9.27. The van der Waals surface area contributed by atoms with Crippen LogP contribution in [-0.2, 0) is 6.18 Å². The van der Waals surface area contributed by atoms with Crippen molar-refractivity contribution in [3.63, 3.8) is 0 Å². The van der Waals surface area contributed by atoms with Crippen molar-refractivity contribution in [2.75, 3.05) is 6.54 Å². The first-order chi connectivity index (χ1) is 18.8. The predicted octanol–water partition coefficient (Wildman–Crippen LogP) is 6.46. The molecule has 0 amide bonds. The van der Waals surface area contributed by atoms with Crippen molar-refractivity contribution in [3.05, 3.63) is 101 Å². The van der Waals surface area contributed by atoms with Crippen molar-refractivity contribution in [2.24, 2.45) is 15.2 Å². The van der Waals surface area contributed by atoms with E-state index in [0.29, 0.717) is 22.4 Å². The molecule has 0 saturated heterocycles. The predicted molar refractivity (Wildman–Crippen MR) is 153 cm³/mol. The maximum absolute atomic E-state index is 13.0. The van der Waals surface area contributed by atoms with Gasteiger partial charge in [-0.1, -0.05) is 54.1 Å². The van der Waals surface area contributed by atoms with E-state index in [2.05, 4.69) is 21.6 Å². The third kappa shape index (κ3) is 6.90. The van der Waals surface area contributed by atoms with E-state index < -0.39 is 11.7 Å². The summed E-state index contributed by atoms with van der Waals surface area (Å²) in [5, 5.41) is 13.0. The number of aliphatic imine (C=N–C) groups is 1. The van der Waals surface area contributed by atoms with Crippen LogP contribution in [0.3, 0.4) is 0 Å². The first-order valence-electron chi connectivity index (χ1n) is 12.3. The van der Waals surface area contributed by atoms with Crippen molar-refractivity contribution in [1.29, 1.82) is 0 Å². The molecule has 1 unspecified atom stereocenters. The Morgan fingerprint density at radius 2 is 1.69 bits per heavy atom. The first kappa shape index (κ1) is 27.9. The zero-order valence-electron chi connectivity index (χ0n) is 20.6. The molecule has 1 aliphatic heterocycles. The van der Waals surface area contributed by atoms with Gasteiger partial charge in [0.15, 0.2) is 0 Å². The van der Waals surface area contributed by atoms with Gasteiger partial charge in [0.05, 0.1) is 23.9 Å². The standard InChI is InChI=1S/C27H26ClF3N6S2/c28-20-10-6-18(7-11-20)25-24(17-4-2-1-3-5-17)16-37(34-25)26(33-21-14-22(15-21)35-39-32)36-38-23-12-8-19(9-13-23)27(29,30)31/h1-13,21-22,24,35H,14-16,32H2,(H,33,36). The van der Waals surface area contributed by atoms with Crippen LogP contribution >= 0.6 is 35.7 Å². The molecule has 1 aliphatic carbocycles. The van der Waals surface area contributed by atoms with Gasteiger partial charge in [0.1, 0.15) is 0 Å². The number of guanidine groups is 1. The van der Waals surface area contributed by atoms with Gasteiger partial charge in [-0.3, -0.25) is 9.86 Å². The number of nitrogens with zero attached hydrogens (tertiary/aromatic N) is 3. The van der Waals surface area contributed by atoms with Gasteiger partial charge in [-0.2, -0.15) is 18.3 Å². The summed E-state index contributed by atoms with van der Waals surface area (Å²) in [7, 11) is 0. The number of rotatable bonds is 7. The average Bonchev–Trinajstić information content (AvgIpc) is 3.35. The molecule has 3 aromatic rings. The topological polar surface area (TPSA) is 78.0 Å². The fourth-order valence-electron chi connectivity index (χ4n) is 4.48. The Kier molecular flexibility index (Phi) is 8.73. The normalized spacial score (nSPS) is 21.5. The minimum atomic E-state index is -4.38. The summed E-state index contributed by atoms with van der Waals surface area (Å²) in [6.07, 6.45) is -2.73. The summed E-state index contributed by atoms with van der Waals surface area (Å²) >= 11 is 8.44. The van der Waals surface area contributed by atoms with E-state index in [1.54, 1.807) is 0 Å². The van der Waals surface area contributed by atoms with Crippen molar-refractivity contribution >= 4 is 47.4 Å². The van der Waals surface area contributed by atoms with Crippen molar-refractivity contribution in [2.45, 2.75) is 41.9 Å². The van der Waals surface area contributed by atoms with Crippen LogP contribution in [0, 0.1) is 0 Å². The van der Waals surface area contributed by atoms with E-state index in [9.17, 15) is 13.2 Å². The van der Waals surface area contributed by atoms with Crippen LogP contribution in [0.15, 0.2) is 93.9 Å². The second-order valence-corrected chi connectivity index (χ2v) is 11.1. The molecule has 0 radical (unpaired) electrons. The van der Waals surface area contributed by atoms with Gasteiger partial charge < -0.3 is 0 Å². The van der Waals surface area contributed by atoms with Crippen LogP contribution in [-0.4, -0.2) is 35.3 Å². The van der Waals surface area contributed by atoms with Gasteiger partial charge in [0.2, 0.25) is 5.96 Å². The molecule has 2 aliphatic rings. The Bertz CT molecular complexity index is 1310. The van der Waals surface area contributed by atoms with Crippen LogP contribution in [0.2, 0.25) is 5.02 Å². The Balaban J connectivity index is 1.41. The highest BCUT2D eigenvalue weighted by atomic mass is 35.5. The van der Waals surface area contributed by atoms with Crippen molar-refractivity contribution in [3.8, 4) is 0 Å². The number of benzene rings is 3. The SMILES string of the molecule is NSNC1CC(N=C(NSc2ccc(C(F)(F)F)cc2)N2CC(c3ccccc3)C(c3ccc(Cl)cc3)=N2)C1. The maximum atomic E-state index is 13.0. The lowest BCUT2D eigenvalue weighted by molar-refractivity contribution is -0.137. The molecule has 4 N–H and O–H groups in total. The van der Waals surface area contributed by atoms with E-state index >= 15 is 0 Å². The second kappa shape index (κ2) is 12.2. The highest BCUT2D eigenvalue weighted by Gasteiger charge is 2.34. The molecule has 1 fully saturated rings. The molecule has 1 saturated carbocycles. The molecule has 0 bridgehead atoms. The van der Waals surface area contributed by atoms with Gasteiger partial charge >= 0.3 is 6.18 Å². The Morgan fingerprint density at radius 1 is 1.00 bits per heavy atom. The van der Waals surface area contributed by atoms with E-state index in [-0.39, 0.29) is 18.0 Å². The summed E-state index contributed by atoms with van der Waals surface area (Å²) in [5.74, 6) is 0.536. The van der Waals surface area contributed by atoms with E-state index in [1.165, 1.54) is 24.1 Å². The number of hydrazone groups is 1. The smallest absolute Gasteiger partial charge is 0.295 e. The van der Waals surface area contributed by atoms with Gasteiger partial charge in [-0.25, -0.2) is 14.7 Å². The Hall–Kier alpha value is -2.70. The number of hydrogen-bond acceptors (Lipinski definition) is 6. The molecule has 5 rings (SSSR count). The molecular formula is C27H26ClF3N6S2. The van der Waals surface area contributed by atoms with Crippen molar-refractivity contribution in [1.82, 2.24) is 14.5 Å². The zero-order chi connectivity index (χ0) is 27.4. The summed E-state index contributed by atoms with van der Waals surface area (Å²) in [6.45, 7) is 0.550. The summed E-state index contributed by atoms with van der Waals surface area (Å²) in [5.41, 5.74) is 2.28. The van der Waals surface area contributed by atoms with E-state index in [4.69, 9.17) is 26.8 Å². The van der Waals surface area contributed by atoms with Crippen LogP contribution in [0.4, 0.5) is 13.2 Å². The highest BCUT2D eigenvalue weighted by molar-refractivity contribution is 7.98. The Morgan fingerprint density at radius 3 is 2.33 bits per heavy atom. The Labute approximate surface area is 238 Å². The summed E-state index contributed by atoms with van der Waals surface area (Å²) < 4.78 is 45.4. The molecule has 1 atom stereocenters. The van der Waals surface area contributed by atoms with Crippen LogP contribution in [0.25, 0.3) is 0 Å². The molecule has 6 nitrogen and oxygen atoms in total. The van der Waals surface area contributed by atoms with Crippen molar-refractivity contribution < 1.29 is 13.2 Å². The van der Waals surface area contributed by atoms with E-state index in [1.807, 2.05) is 47.5 Å². The minimum absolute atomic E-state index is 0.0140. The number of alkyl halides is 3. The van der Waals surface area contributed by atoms with Gasteiger partial charge in [0.25, 0.3) is 0 Å². The lowest BCUT2D eigenvalue weighted by Gasteiger charge is -2.33. The van der Waals surface area contributed by atoms with Gasteiger partial charge in [-0.15, -0.1) is 0 Å². The lowest BCUT2D eigenvalue weighted by Crippen LogP contribution is -2.43. The number of nitrogens with two attached hydrogens (primary N) is 1. The molecule has 39 heavy (non-hydrogen) atoms.